The third kappa shape index (κ3) is 2.84. The van der Waals surface area contributed by atoms with E-state index in [1.807, 2.05) is 20.8 Å². The summed E-state index contributed by atoms with van der Waals surface area (Å²) in [4.78, 5) is 2.45. The molecule has 0 aliphatic carbocycles. The molecule has 0 aromatic carbocycles. The van der Waals surface area contributed by atoms with Crippen LogP contribution in [0.15, 0.2) is 0 Å². The van der Waals surface area contributed by atoms with Crippen LogP contribution in [-0.2, 0) is 0 Å². The van der Waals surface area contributed by atoms with Crippen LogP contribution in [0.2, 0.25) is 0 Å². The molecule has 0 radical (unpaired) electrons. The summed E-state index contributed by atoms with van der Waals surface area (Å²) in [6.45, 7) is 7.20. The molecule has 0 bridgehead atoms. The zero-order valence-electron chi connectivity index (χ0n) is 11.6. The Hall–Kier alpha value is -1.27. The fourth-order valence-corrected chi connectivity index (χ4v) is 2.56. The van der Waals surface area contributed by atoms with Gasteiger partial charge in [0.15, 0.2) is 5.82 Å². The Balaban J connectivity index is 2.36. The van der Waals surface area contributed by atoms with Crippen LogP contribution in [0.5, 0.6) is 0 Å². The summed E-state index contributed by atoms with van der Waals surface area (Å²) in [5, 5.41) is 18.4. The zero-order valence-corrected chi connectivity index (χ0v) is 12.4. The van der Waals surface area contributed by atoms with Gasteiger partial charge in [-0.15, -0.1) is 5.10 Å². The topological polar surface area (TPSA) is 75.3 Å². The van der Waals surface area contributed by atoms with Crippen LogP contribution in [0.3, 0.4) is 0 Å². The molecule has 104 valence electrons. The van der Waals surface area contributed by atoms with E-state index >= 15 is 0 Å². The van der Waals surface area contributed by atoms with Gasteiger partial charge in [-0.2, -0.15) is 5.10 Å². The molecular formula is C13H20N4OS. The molecule has 3 N–H and O–H groups in total. The Labute approximate surface area is 118 Å². The first kappa shape index (κ1) is 14.1. The Bertz CT molecular complexity index is 506. The number of piperidine rings is 1. The molecule has 1 fully saturated rings. The number of nitrogens with zero attached hydrogens (tertiary/aromatic N) is 3. The minimum atomic E-state index is -0.590. The van der Waals surface area contributed by atoms with E-state index in [0.29, 0.717) is 17.8 Å². The van der Waals surface area contributed by atoms with E-state index in [4.69, 9.17) is 18.0 Å². The lowest BCUT2D eigenvalue weighted by molar-refractivity contribution is 0.0350. The van der Waals surface area contributed by atoms with Gasteiger partial charge in [-0.3, -0.25) is 0 Å². The molecule has 19 heavy (non-hydrogen) atoms. The second kappa shape index (κ2) is 5.02. The number of thiocarbonyl (C=S) groups is 1. The van der Waals surface area contributed by atoms with Gasteiger partial charge in [0, 0.05) is 13.1 Å². The summed E-state index contributed by atoms with van der Waals surface area (Å²) in [5.41, 5.74) is 7.88. The van der Waals surface area contributed by atoms with Gasteiger partial charge in [-0.25, -0.2) is 0 Å². The molecule has 0 saturated carbocycles. The van der Waals surface area contributed by atoms with Crippen molar-refractivity contribution in [3.63, 3.8) is 0 Å². The Kier molecular flexibility index (Phi) is 3.73. The van der Waals surface area contributed by atoms with Gasteiger partial charge < -0.3 is 15.7 Å². The molecule has 1 aromatic rings. The zero-order chi connectivity index (χ0) is 14.2. The third-order valence-electron chi connectivity index (χ3n) is 3.82. The van der Waals surface area contributed by atoms with Crippen molar-refractivity contribution in [2.75, 3.05) is 18.0 Å². The molecule has 0 amide bonds. The lowest BCUT2D eigenvalue weighted by Crippen LogP contribution is -2.43. The standard InChI is InChI=1S/C13H20N4OS/c1-8-9(2)15-16-12(10(8)11(14)19)17-6-4-13(3,18)5-7-17/h18H,4-7H2,1-3H3,(H2,14,19). The van der Waals surface area contributed by atoms with E-state index in [1.165, 1.54) is 0 Å². The second-order valence-electron chi connectivity index (χ2n) is 5.46. The highest BCUT2D eigenvalue weighted by atomic mass is 32.1. The van der Waals surface area contributed by atoms with Crippen LogP contribution in [-0.4, -0.2) is 39.0 Å². The Morgan fingerprint density at radius 1 is 1.32 bits per heavy atom. The fraction of sp³-hybridized carbons (Fsp3) is 0.615. The van der Waals surface area contributed by atoms with E-state index < -0.39 is 5.60 Å². The Morgan fingerprint density at radius 3 is 2.42 bits per heavy atom. The summed E-state index contributed by atoms with van der Waals surface area (Å²) < 4.78 is 0. The number of aromatic nitrogens is 2. The van der Waals surface area contributed by atoms with Gasteiger partial charge in [0.05, 0.1) is 16.9 Å². The second-order valence-corrected chi connectivity index (χ2v) is 5.90. The normalized spacial score (nSPS) is 18.4. The number of aryl methyl sites for hydroxylation is 1. The molecule has 5 nitrogen and oxygen atoms in total. The average Bonchev–Trinajstić information content (AvgIpc) is 2.32. The maximum absolute atomic E-state index is 10.0. The number of nitrogens with two attached hydrogens (primary N) is 1. The highest BCUT2D eigenvalue weighted by Gasteiger charge is 2.30. The molecular weight excluding hydrogens is 260 g/mol. The quantitative estimate of drug-likeness (QED) is 0.790. The smallest absolute Gasteiger partial charge is 0.161 e. The van der Waals surface area contributed by atoms with Crippen LogP contribution in [0, 0.1) is 13.8 Å². The molecule has 1 aromatic heterocycles. The molecule has 1 aliphatic rings. The summed E-state index contributed by atoms with van der Waals surface area (Å²) in [5.74, 6) is 0.742. The number of aliphatic hydroxyl groups is 1. The van der Waals surface area contributed by atoms with Crippen LogP contribution in [0.25, 0.3) is 0 Å². The predicted molar refractivity (Wildman–Crippen MR) is 79.5 cm³/mol. The van der Waals surface area contributed by atoms with Crippen molar-refractivity contribution >= 4 is 23.0 Å². The van der Waals surface area contributed by atoms with Gasteiger partial charge in [-0.1, -0.05) is 12.2 Å². The van der Waals surface area contributed by atoms with Crippen molar-refractivity contribution in [3.05, 3.63) is 16.8 Å². The Morgan fingerprint density at radius 2 is 1.89 bits per heavy atom. The van der Waals surface area contributed by atoms with E-state index in [2.05, 4.69) is 15.1 Å². The number of hydrogen-bond acceptors (Lipinski definition) is 5. The third-order valence-corrected chi connectivity index (χ3v) is 4.03. The van der Waals surface area contributed by atoms with Crippen molar-refractivity contribution in [1.29, 1.82) is 0 Å². The first-order chi connectivity index (χ1) is 8.82. The van der Waals surface area contributed by atoms with Gasteiger partial charge >= 0.3 is 0 Å². The highest BCUT2D eigenvalue weighted by molar-refractivity contribution is 7.80. The van der Waals surface area contributed by atoms with E-state index in [-0.39, 0.29) is 0 Å². The maximum atomic E-state index is 10.0. The van der Waals surface area contributed by atoms with E-state index in [0.717, 1.165) is 35.7 Å². The SMILES string of the molecule is Cc1nnc(N2CCC(C)(O)CC2)c(C(N)=S)c1C. The van der Waals surface area contributed by atoms with Crippen LogP contribution >= 0.6 is 12.2 Å². The van der Waals surface area contributed by atoms with Crippen molar-refractivity contribution in [2.24, 2.45) is 5.73 Å². The van der Waals surface area contributed by atoms with Crippen LogP contribution in [0.1, 0.15) is 36.6 Å². The molecule has 2 heterocycles. The molecule has 0 atom stereocenters. The van der Waals surface area contributed by atoms with E-state index in [1.54, 1.807) is 0 Å². The molecule has 1 aliphatic heterocycles. The highest BCUT2D eigenvalue weighted by Crippen LogP contribution is 2.28. The minimum Gasteiger partial charge on any atom is -0.390 e. The minimum absolute atomic E-state index is 0.350. The average molecular weight is 280 g/mol. The van der Waals surface area contributed by atoms with Crippen molar-refractivity contribution < 1.29 is 5.11 Å². The van der Waals surface area contributed by atoms with Gasteiger partial charge in [0.2, 0.25) is 0 Å². The molecule has 2 rings (SSSR count). The molecule has 1 saturated heterocycles. The van der Waals surface area contributed by atoms with Crippen molar-refractivity contribution in [3.8, 4) is 0 Å². The molecule has 6 heteroatoms. The van der Waals surface area contributed by atoms with Gasteiger partial charge in [0.25, 0.3) is 0 Å². The largest absolute Gasteiger partial charge is 0.390 e. The molecule has 0 unspecified atom stereocenters. The predicted octanol–water partition coefficient (Wildman–Crippen LogP) is 1.08. The number of hydrogen-bond donors (Lipinski definition) is 2. The lowest BCUT2D eigenvalue weighted by atomic mass is 9.93. The summed E-state index contributed by atoms with van der Waals surface area (Å²) in [6, 6.07) is 0. The van der Waals surface area contributed by atoms with E-state index in [9.17, 15) is 5.11 Å². The first-order valence-electron chi connectivity index (χ1n) is 6.43. The van der Waals surface area contributed by atoms with Gasteiger partial charge in [0.1, 0.15) is 4.99 Å². The fourth-order valence-electron chi connectivity index (χ4n) is 2.31. The van der Waals surface area contributed by atoms with Gasteiger partial charge in [-0.05, 0) is 39.2 Å². The van der Waals surface area contributed by atoms with Crippen LogP contribution in [0.4, 0.5) is 5.82 Å². The number of rotatable bonds is 2. The first-order valence-corrected chi connectivity index (χ1v) is 6.84. The summed E-state index contributed by atoms with van der Waals surface area (Å²) in [7, 11) is 0. The monoisotopic (exact) mass is 280 g/mol. The van der Waals surface area contributed by atoms with Crippen molar-refractivity contribution in [2.45, 2.75) is 39.2 Å². The van der Waals surface area contributed by atoms with Crippen LogP contribution < -0.4 is 10.6 Å². The molecule has 0 spiro atoms. The summed E-state index contributed by atoms with van der Waals surface area (Å²) in [6.07, 6.45) is 1.41. The number of anilines is 1. The lowest BCUT2D eigenvalue weighted by Gasteiger charge is -2.37. The summed E-state index contributed by atoms with van der Waals surface area (Å²) >= 11 is 5.15. The maximum Gasteiger partial charge on any atom is 0.161 e. The van der Waals surface area contributed by atoms with Crippen molar-refractivity contribution in [1.82, 2.24) is 10.2 Å².